The topological polar surface area (TPSA) is 74.8 Å². The Kier molecular flexibility index (Phi) is 4.84. The molecule has 3 heterocycles. The number of nitrogens with one attached hydrogen (secondary N) is 1. The summed E-state index contributed by atoms with van der Waals surface area (Å²) >= 11 is 5.91. The maximum Gasteiger partial charge on any atom is 0.222 e. The normalized spacial score (nSPS) is 17.6. The van der Waals surface area contributed by atoms with Crippen LogP contribution < -0.4 is 0 Å². The number of amides is 1. The molecular formula is C19H20ClN5O. The lowest BCUT2D eigenvalue weighted by atomic mass is 9.94. The van der Waals surface area contributed by atoms with Crippen LogP contribution in [-0.4, -0.2) is 44.1 Å². The van der Waals surface area contributed by atoms with Crippen molar-refractivity contribution < 1.29 is 4.79 Å². The zero-order chi connectivity index (χ0) is 17.9. The number of H-pyrrole nitrogens is 1. The Morgan fingerprint density at radius 1 is 1.23 bits per heavy atom. The van der Waals surface area contributed by atoms with Gasteiger partial charge in [-0.05, 0) is 37.0 Å². The number of aryl methyl sites for hydroxylation is 1. The molecule has 1 aromatic carbocycles. The minimum Gasteiger partial charge on any atom is -0.342 e. The van der Waals surface area contributed by atoms with Crippen molar-refractivity contribution >= 4 is 28.7 Å². The van der Waals surface area contributed by atoms with E-state index >= 15 is 0 Å². The summed E-state index contributed by atoms with van der Waals surface area (Å²) in [5.41, 5.74) is 3.57. The summed E-state index contributed by atoms with van der Waals surface area (Å²) < 4.78 is 0. The van der Waals surface area contributed by atoms with Crippen molar-refractivity contribution in [3.63, 3.8) is 0 Å². The SMILES string of the molecule is O=C(CCc1ccc(Cl)cc1)N1CCC[C@H](c2[nH]nc3nccnc23)C1. The van der Waals surface area contributed by atoms with Crippen LogP contribution in [0, 0.1) is 0 Å². The minimum absolute atomic E-state index is 0.194. The minimum atomic E-state index is 0.194. The fourth-order valence-electron chi connectivity index (χ4n) is 3.55. The van der Waals surface area contributed by atoms with Gasteiger partial charge in [0.1, 0.15) is 5.52 Å². The summed E-state index contributed by atoms with van der Waals surface area (Å²) in [6.07, 6.45) is 6.57. The first-order valence-electron chi connectivity index (χ1n) is 8.88. The number of nitrogens with zero attached hydrogens (tertiary/aromatic N) is 4. The summed E-state index contributed by atoms with van der Waals surface area (Å²) in [7, 11) is 0. The van der Waals surface area contributed by atoms with E-state index in [1.54, 1.807) is 12.4 Å². The van der Waals surface area contributed by atoms with Gasteiger partial charge in [-0.2, -0.15) is 5.10 Å². The lowest BCUT2D eigenvalue weighted by molar-refractivity contribution is -0.132. The highest BCUT2D eigenvalue weighted by Gasteiger charge is 2.27. The monoisotopic (exact) mass is 369 g/mol. The molecule has 1 fully saturated rings. The summed E-state index contributed by atoms with van der Waals surface area (Å²) in [4.78, 5) is 23.3. The number of aromatic nitrogens is 4. The van der Waals surface area contributed by atoms with Gasteiger partial charge < -0.3 is 4.90 Å². The molecule has 1 saturated heterocycles. The van der Waals surface area contributed by atoms with Crippen LogP contribution in [0.2, 0.25) is 5.02 Å². The average molecular weight is 370 g/mol. The number of carbonyl (C=O) groups is 1. The van der Waals surface area contributed by atoms with Crippen LogP contribution in [0.4, 0.5) is 0 Å². The van der Waals surface area contributed by atoms with Gasteiger partial charge in [0.15, 0.2) is 5.65 Å². The van der Waals surface area contributed by atoms with Crippen LogP contribution in [0.3, 0.4) is 0 Å². The Morgan fingerprint density at radius 3 is 2.88 bits per heavy atom. The lowest BCUT2D eigenvalue weighted by Crippen LogP contribution is -2.39. The Bertz CT molecular complexity index is 908. The van der Waals surface area contributed by atoms with Gasteiger partial charge in [0, 0.05) is 42.8 Å². The number of likely N-dealkylation sites (tertiary alicyclic amines) is 1. The molecule has 1 aliphatic rings. The van der Waals surface area contributed by atoms with Gasteiger partial charge >= 0.3 is 0 Å². The van der Waals surface area contributed by atoms with E-state index in [2.05, 4.69) is 20.2 Å². The van der Waals surface area contributed by atoms with Crippen LogP contribution in [0.25, 0.3) is 11.2 Å². The molecule has 0 saturated carbocycles. The number of hydrogen-bond acceptors (Lipinski definition) is 4. The summed E-state index contributed by atoms with van der Waals surface area (Å²) in [6.45, 7) is 1.51. The highest BCUT2D eigenvalue weighted by Crippen LogP contribution is 2.29. The second-order valence-electron chi connectivity index (χ2n) is 6.67. The van der Waals surface area contributed by atoms with Gasteiger partial charge in [-0.3, -0.25) is 9.89 Å². The number of carbonyl (C=O) groups excluding carboxylic acids is 1. The van der Waals surface area contributed by atoms with E-state index in [9.17, 15) is 4.79 Å². The zero-order valence-electron chi connectivity index (χ0n) is 14.4. The number of hydrogen-bond donors (Lipinski definition) is 1. The molecule has 3 aromatic rings. The molecule has 0 spiro atoms. The summed E-state index contributed by atoms with van der Waals surface area (Å²) in [5.74, 6) is 0.421. The van der Waals surface area contributed by atoms with E-state index in [1.807, 2.05) is 29.2 Å². The van der Waals surface area contributed by atoms with Crippen LogP contribution >= 0.6 is 11.6 Å². The van der Waals surface area contributed by atoms with Gasteiger partial charge in [-0.15, -0.1) is 0 Å². The van der Waals surface area contributed by atoms with Crippen molar-refractivity contribution in [1.82, 2.24) is 25.1 Å². The van der Waals surface area contributed by atoms with E-state index in [0.717, 1.165) is 42.6 Å². The van der Waals surface area contributed by atoms with E-state index < -0.39 is 0 Å². The van der Waals surface area contributed by atoms with Crippen molar-refractivity contribution in [3.05, 3.63) is 52.9 Å². The van der Waals surface area contributed by atoms with Gasteiger partial charge in [0.2, 0.25) is 5.91 Å². The molecule has 1 amide bonds. The maximum absolute atomic E-state index is 12.7. The second kappa shape index (κ2) is 7.41. The zero-order valence-corrected chi connectivity index (χ0v) is 15.1. The molecule has 7 heteroatoms. The van der Waals surface area contributed by atoms with E-state index in [1.165, 1.54) is 0 Å². The molecule has 2 aromatic heterocycles. The summed E-state index contributed by atoms with van der Waals surface area (Å²) in [5, 5.41) is 8.03. The van der Waals surface area contributed by atoms with Gasteiger partial charge in [-0.25, -0.2) is 9.97 Å². The van der Waals surface area contributed by atoms with Gasteiger partial charge in [0.25, 0.3) is 0 Å². The van der Waals surface area contributed by atoms with Crippen LogP contribution in [-0.2, 0) is 11.2 Å². The first kappa shape index (κ1) is 17.0. The third-order valence-corrected chi connectivity index (χ3v) is 5.19. The molecule has 134 valence electrons. The third kappa shape index (κ3) is 3.55. The molecule has 1 aliphatic heterocycles. The molecule has 6 nitrogen and oxygen atoms in total. The molecule has 4 rings (SSSR count). The molecule has 0 aliphatic carbocycles. The van der Waals surface area contributed by atoms with Crippen molar-refractivity contribution in [2.45, 2.75) is 31.6 Å². The standard InChI is InChI=1S/C19H20ClN5O/c20-15-6-3-13(4-7-15)5-8-16(26)25-11-1-2-14(12-25)17-18-19(24-23-17)22-10-9-21-18/h3-4,6-7,9-10,14H,1-2,5,8,11-12H2,(H,22,23,24)/t14-/m0/s1. The lowest BCUT2D eigenvalue weighted by Gasteiger charge is -2.32. The molecule has 0 bridgehead atoms. The van der Waals surface area contributed by atoms with Gasteiger partial charge in [0.05, 0.1) is 5.69 Å². The Labute approximate surface area is 156 Å². The molecule has 26 heavy (non-hydrogen) atoms. The second-order valence-corrected chi connectivity index (χ2v) is 7.11. The maximum atomic E-state index is 12.7. The molecular weight excluding hydrogens is 350 g/mol. The quantitative estimate of drug-likeness (QED) is 0.765. The molecule has 0 unspecified atom stereocenters. The Morgan fingerprint density at radius 2 is 2.04 bits per heavy atom. The van der Waals surface area contributed by atoms with E-state index in [-0.39, 0.29) is 11.8 Å². The first-order chi connectivity index (χ1) is 12.7. The summed E-state index contributed by atoms with van der Waals surface area (Å²) in [6, 6.07) is 7.68. The molecule has 1 atom stereocenters. The number of piperidine rings is 1. The van der Waals surface area contributed by atoms with E-state index in [4.69, 9.17) is 11.6 Å². The fourth-order valence-corrected chi connectivity index (χ4v) is 3.68. The van der Waals surface area contributed by atoms with Gasteiger partial charge in [-0.1, -0.05) is 23.7 Å². The number of halogens is 1. The highest BCUT2D eigenvalue weighted by atomic mass is 35.5. The van der Waals surface area contributed by atoms with E-state index in [0.29, 0.717) is 23.6 Å². The van der Waals surface area contributed by atoms with Crippen LogP contribution in [0.15, 0.2) is 36.7 Å². The fraction of sp³-hybridized carbons (Fsp3) is 0.368. The highest BCUT2D eigenvalue weighted by molar-refractivity contribution is 6.30. The largest absolute Gasteiger partial charge is 0.342 e. The smallest absolute Gasteiger partial charge is 0.222 e. The number of rotatable bonds is 4. The molecule has 0 radical (unpaired) electrons. The van der Waals surface area contributed by atoms with Crippen LogP contribution in [0.1, 0.15) is 36.4 Å². The number of benzene rings is 1. The van der Waals surface area contributed by atoms with Crippen molar-refractivity contribution in [2.24, 2.45) is 0 Å². The predicted octanol–water partition coefficient (Wildman–Crippen LogP) is 3.35. The van der Waals surface area contributed by atoms with Crippen molar-refractivity contribution in [3.8, 4) is 0 Å². The average Bonchev–Trinajstić information content (AvgIpc) is 3.11. The number of fused-ring (bicyclic) bond motifs is 1. The van der Waals surface area contributed by atoms with Crippen molar-refractivity contribution in [1.29, 1.82) is 0 Å². The molecule has 1 N–H and O–H groups in total. The number of aromatic amines is 1. The Hall–Kier alpha value is -2.47. The third-order valence-electron chi connectivity index (χ3n) is 4.94. The van der Waals surface area contributed by atoms with Crippen LogP contribution in [0.5, 0.6) is 0 Å². The Balaban J connectivity index is 1.41. The van der Waals surface area contributed by atoms with Crippen molar-refractivity contribution in [2.75, 3.05) is 13.1 Å². The predicted molar refractivity (Wildman–Crippen MR) is 100 cm³/mol. The first-order valence-corrected chi connectivity index (χ1v) is 9.25.